The molecule has 2 nitrogen and oxygen atoms in total. The summed E-state index contributed by atoms with van der Waals surface area (Å²) in [5.74, 6) is 1.85. The highest BCUT2D eigenvalue weighted by Crippen LogP contribution is 2.35. The van der Waals surface area contributed by atoms with Gasteiger partial charge in [0.2, 0.25) is 0 Å². The van der Waals surface area contributed by atoms with E-state index in [1.807, 2.05) is 19.1 Å². The first kappa shape index (κ1) is 15.3. The lowest BCUT2D eigenvalue weighted by molar-refractivity contribution is 0.324. The second kappa shape index (κ2) is 6.57. The number of ether oxygens (including phenoxy) is 1. The molecule has 112 valence electrons. The highest BCUT2D eigenvalue weighted by atomic mass is 19.1. The number of benzene rings is 1. The lowest BCUT2D eigenvalue weighted by Gasteiger charge is -2.25. The maximum absolute atomic E-state index is 14.1. The standard InChI is InChI=1S/C17H26FNO/c1-5-13-6-9-17(11(13)2)19-12(3)15-8-7-14(20-4)10-16(15)18/h7-8,10-13,17,19H,5-6,9H2,1-4H3. The molecule has 1 aromatic rings. The van der Waals surface area contributed by atoms with Crippen molar-refractivity contribution in [2.45, 2.75) is 52.1 Å². The molecule has 2 rings (SSSR count). The van der Waals surface area contributed by atoms with E-state index in [0.717, 1.165) is 11.5 Å². The maximum Gasteiger partial charge on any atom is 0.131 e. The van der Waals surface area contributed by atoms with E-state index in [9.17, 15) is 4.39 Å². The number of hydrogen-bond acceptors (Lipinski definition) is 2. The van der Waals surface area contributed by atoms with Gasteiger partial charge in [-0.25, -0.2) is 4.39 Å². The molecular weight excluding hydrogens is 253 g/mol. The summed E-state index contributed by atoms with van der Waals surface area (Å²) in [6.07, 6.45) is 3.72. The Kier molecular flexibility index (Phi) is 5.03. The van der Waals surface area contributed by atoms with E-state index in [1.54, 1.807) is 7.11 Å². The van der Waals surface area contributed by atoms with Crippen molar-refractivity contribution in [1.29, 1.82) is 0 Å². The van der Waals surface area contributed by atoms with Crippen LogP contribution < -0.4 is 10.1 Å². The molecule has 1 aliphatic rings. The molecule has 4 atom stereocenters. The van der Waals surface area contributed by atoms with Crippen molar-refractivity contribution in [1.82, 2.24) is 5.32 Å². The topological polar surface area (TPSA) is 21.3 Å². The fourth-order valence-corrected chi connectivity index (χ4v) is 3.46. The van der Waals surface area contributed by atoms with Gasteiger partial charge in [0.25, 0.3) is 0 Å². The van der Waals surface area contributed by atoms with Crippen LogP contribution in [0, 0.1) is 17.7 Å². The van der Waals surface area contributed by atoms with E-state index in [-0.39, 0.29) is 11.9 Å². The Labute approximate surface area is 121 Å². The molecule has 4 unspecified atom stereocenters. The number of methoxy groups -OCH3 is 1. The second-order valence-electron chi connectivity index (χ2n) is 5.99. The van der Waals surface area contributed by atoms with Crippen molar-refractivity contribution in [3.63, 3.8) is 0 Å². The molecule has 0 saturated heterocycles. The molecule has 0 amide bonds. The highest BCUT2D eigenvalue weighted by molar-refractivity contribution is 5.30. The van der Waals surface area contributed by atoms with E-state index >= 15 is 0 Å². The van der Waals surface area contributed by atoms with Gasteiger partial charge in [0.1, 0.15) is 11.6 Å². The fraction of sp³-hybridized carbons (Fsp3) is 0.647. The van der Waals surface area contributed by atoms with Crippen LogP contribution in [0.15, 0.2) is 18.2 Å². The molecule has 0 aliphatic heterocycles. The minimum Gasteiger partial charge on any atom is -0.497 e. The van der Waals surface area contributed by atoms with Gasteiger partial charge in [0.05, 0.1) is 7.11 Å². The lowest BCUT2D eigenvalue weighted by atomic mass is 9.93. The largest absolute Gasteiger partial charge is 0.497 e. The van der Waals surface area contributed by atoms with Crippen LogP contribution in [0.4, 0.5) is 4.39 Å². The van der Waals surface area contributed by atoms with Crippen LogP contribution in [0.1, 0.15) is 51.6 Å². The van der Waals surface area contributed by atoms with E-state index in [2.05, 4.69) is 19.2 Å². The van der Waals surface area contributed by atoms with Gasteiger partial charge in [-0.2, -0.15) is 0 Å². The second-order valence-corrected chi connectivity index (χ2v) is 5.99. The first-order chi connectivity index (χ1) is 9.56. The summed E-state index contributed by atoms with van der Waals surface area (Å²) in [5.41, 5.74) is 0.720. The average Bonchev–Trinajstić information content (AvgIpc) is 2.79. The quantitative estimate of drug-likeness (QED) is 0.867. The van der Waals surface area contributed by atoms with Crippen LogP contribution in [0.2, 0.25) is 0 Å². The predicted octanol–water partition coefficient (Wildman–Crippen LogP) is 4.31. The van der Waals surface area contributed by atoms with Crippen LogP contribution in [0.5, 0.6) is 5.75 Å². The van der Waals surface area contributed by atoms with Gasteiger partial charge in [-0.05, 0) is 37.7 Å². The van der Waals surface area contributed by atoms with Gasteiger partial charge in [-0.3, -0.25) is 0 Å². The van der Waals surface area contributed by atoms with E-state index in [1.165, 1.54) is 25.3 Å². The Morgan fingerprint density at radius 3 is 2.70 bits per heavy atom. The molecule has 0 spiro atoms. The molecular formula is C17H26FNO. The van der Waals surface area contributed by atoms with Crippen LogP contribution in [-0.4, -0.2) is 13.2 Å². The van der Waals surface area contributed by atoms with Crippen LogP contribution in [0.25, 0.3) is 0 Å². The van der Waals surface area contributed by atoms with Gasteiger partial charge in [-0.1, -0.05) is 26.3 Å². The smallest absolute Gasteiger partial charge is 0.131 e. The Morgan fingerprint density at radius 1 is 1.40 bits per heavy atom. The van der Waals surface area contributed by atoms with Gasteiger partial charge < -0.3 is 10.1 Å². The number of halogens is 1. The zero-order valence-electron chi connectivity index (χ0n) is 12.9. The third kappa shape index (κ3) is 3.14. The highest BCUT2D eigenvalue weighted by Gasteiger charge is 2.32. The van der Waals surface area contributed by atoms with E-state index in [0.29, 0.717) is 17.7 Å². The molecule has 1 aromatic carbocycles. The molecule has 1 saturated carbocycles. The molecule has 20 heavy (non-hydrogen) atoms. The van der Waals surface area contributed by atoms with Crippen molar-refractivity contribution in [2.75, 3.05) is 7.11 Å². The number of nitrogens with one attached hydrogen (secondary N) is 1. The summed E-state index contributed by atoms with van der Waals surface area (Å²) in [6.45, 7) is 6.61. The van der Waals surface area contributed by atoms with Crippen LogP contribution in [-0.2, 0) is 0 Å². The molecule has 3 heteroatoms. The molecule has 0 aromatic heterocycles. The van der Waals surface area contributed by atoms with Crippen molar-refractivity contribution in [3.8, 4) is 5.75 Å². The average molecular weight is 279 g/mol. The Balaban J connectivity index is 2.03. The van der Waals surface area contributed by atoms with Crippen molar-refractivity contribution in [3.05, 3.63) is 29.6 Å². The van der Waals surface area contributed by atoms with Crippen molar-refractivity contribution >= 4 is 0 Å². The molecule has 1 fully saturated rings. The minimum atomic E-state index is -0.193. The first-order valence-electron chi connectivity index (χ1n) is 7.66. The zero-order valence-corrected chi connectivity index (χ0v) is 12.9. The van der Waals surface area contributed by atoms with Gasteiger partial charge in [0, 0.05) is 23.7 Å². The Hall–Kier alpha value is -1.09. The Bertz CT molecular complexity index is 449. The predicted molar refractivity (Wildman–Crippen MR) is 80.5 cm³/mol. The summed E-state index contributed by atoms with van der Waals surface area (Å²) >= 11 is 0. The van der Waals surface area contributed by atoms with E-state index < -0.39 is 0 Å². The van der Waals surface area contributed by atoms with Gasteiger partial charge >= 0.3 is 0 Å². The zero-order chi connectivity index (χ0) is 14.7. The molecule has 1 N–H and O–H groups in total. The van der Waals surface area contributed by atoms with Crippen molar-refractivity contribution < 1.29 is 9.13 Å². The summed E-state index contributed by atoms with van der Waals surface area (Å²) in [6, 6.07) is 5.63. The minimum absolute atomic E-state index is 0.0314. The van der Waals surface area contributed by atoms with Gasteiger partial charge in [0.15, 0.2) is 0 Å². The van der Waals surface area contributed by atoms with Crippen LogP contribution in [0.3, 0.4) is 0 Å². The monoisotopic (exact) mass is 279 g/mol. The van der Waals surface area contributed by atoms with E-state index in [4.69, 9.17) is 4.74 Å². The van der Waals surface area contributed by atoms with Gasteiger partial charge in [-0.15, -0.1) is 0 Å². The molecule has 0 heterocycles. The summed E-state index contributed by atoms with van der Waals surface area (Å²) < 4.78 is 19.1. The number of hydrogen-bond donors (Lipinski definition) is 1. The molecule has 1 aliphatic carbocycles. The first-order valence-corrected chi connectivity index (χ1v) is 7.66. The SMILES string of the molecule is CCC1CCC(NC(C)c2ccc(OC)cc2F)C1C. The van der Waals surface area contributed by atoms with Crippen LogP contribution >= 0.6 is 0 Å². The van der Waals surface area contributed by atoms with Crippen molar-refractivity contribution in [2.24, 2.45) is 11.8 Å². The normalized spacial score (nSPS) is 27.6. The Morgan fingerprint density at radius 2 is 2.15 bits per heavy atom. The molecule has 0 bridgehead atoms. The molecule has 0 radical (unpaired) electrons. The fourth-order valence-electron chi connectivity index (χ4n) is 3.46. The summed E-state index contributed by atoms with van der Waals surface area (Å²) in [4.78, 5) is 0. The third-order valence-corrected chi connectivity index (χ3v) is 4.89. The third-order valence-electron chi connectivity index (χ3n) is 4.89. The maximum atomic E-state index is 14.1. The summed E-state index contributed by atoms with van der Waals surface area (Å²) in [7, 11) is 1.56. The summed E-state index contributed by atoms with van der Waals surface area (Å²) in [5, 5.41) is 3.61. The lowest BCUT2D eigenvalue weighted by Crippen LogP contribution is -2.35. The number of rotatable bonds is 5.